The second-order valence-corrected chi connectivity index (χ2v) is 20.0. The quantitative estimate of drug-likeness (QED) is 0.0697. The maximum Gasteiger partial charge on any atom is 0.270 e. The molecular formula is C52H42N22O6S2. The number of aromatic nitrogens is 18. The number of nitrogens with one attached hydrogen (secondary N) is 8. The smallest absolute Gasteiger partial charge is 0.270 e. The van der Waals surface area contributed by atoms with Gasteiger partial charge in [0.05, 0.1) is 12.1 Å². The number of aromatic amines is 4. The number of carbonyl (C=O) groups is 4. The number of aryl methyl sites for hydroxylation is 4. The van der Waals surface area contributed by atoms with Crippen molar-refractivity contribution in [2.45, 2.75) is 64.7 Å². The number of oxazole rings is 2. The third-order valence-corrected chi connectivity index (χ3v) is 14.5. The molecule has 2 atom stereocenters. The van der Waals surface area contributed by atoms with Gasteiger partial charge in [-0.25, -0.2) is 38.9 Å². The van der Waals surface area contributed by atoms with Gasteiger partial charge in [0.1, 0.15) is 33.8 Å². The molecule has 4 amide bonds. The van der Waals surface area contributed by atoms with Gasteiger partial charge in [-0.05, 0) is 142 Å². The molecule has 0 radical (unpaired) electrons. The minimum atomic E-state index is -0.466. The van der Waals surface area contributed by atoms with Crippen LogP contribution in [0.2, 0.25) is 0 Å². The number of amides is 4. The van der Waals surface area contributed by atoms with Crippen molar-refractivity contribution in [1.29, 1.82) is 0 Å². The molecule has 82 heavy (non-hydrogen) atoms. The Morgan fingerprint density at radius 2 is 1.04 bits per heavy atom. The Morgan fingerprint density at radius 3 is 1.54 bits per heavy atom. The van der Waals surface area contributed by atoms with Crippen LogP contribution in [0.5, 0.6) is 0 Å². The summed E-state index contributed by atoms with van der Waals surface area (Å²) in [6.07, 6.45) is 2.98. The molecule has 0 aliphatic heterocycles. The predicted molar refractivity (Wildman–Crippen MR) is 292 cm³/mol. The Kier molecular flexibility index (Phi) is 12.9. The molecule has 8 aromatic heterocycles. The van der Waals surface area contributed by atoms with Crippen LogP contribution < -0.4 is 21.3 Å². The normalized spacial score (nSPS) is 14.4. The average molecular weight is 1140 g/mol. The van der Waals surface area contributed by atoms with E-state index in [1.165, 1.54) is 20.9 Å². The van der Waals surface area contributed by atoms with Crippen molar-refractivity contribution < 1.29 is 28.0 Å². The van der Waals surface area contributed by atoms with Crippen LogP contribution in [-0.4, -0.2) is 114 Å². The molecule has 0 fully saturated rings. The lowest BCUT2D eigenvalue weighted by Crippen LogP contribution is -2.30. The van der Waals surface area contributed by atoms with Gasteiger partial charge in [0.15, 0.2) is 22.9 Å². The summed E-state index contributed by atoms with van der Waals surface area (Å²) < 4.78 is 14.2. The van der Waals surface area contributed by atoms with Crippen LogP contribution in [0, 0.1) is 23.4 Å². The molecule has 0 spiro atoms. The van der Waals surface area contributed by atoms with E-state index in [0.29, 0.717) is 52.1 Å². The summed E-state index contributed by atoms with van der Waals surface area (Å²) in [6.45, 7) is 4.00. The average Bonchev–Trinajstić information content (AvgIpc) is 4.53. The molecule has 30 heteroatoms. The molecule has 4 aromatic carbocycles. The van der Waals surface area contributed by atoms with Gasteiger partial charge in [-0.2, -0.15) is 10.4 Å². The molecule has 2 aliphatic rings. The number of fused-ring (bicyclic) bond motifs is 6. The fraction of sp³-hybridized carbons (Fsp3) is 0.192. The molecule has 0 bridgehead atoms. The first-order valence-corrected chi connectivity index (χ1v) is 26.3. The van der Waals surface area contributed by atoms with Crippen LogP contribution in [0.3, 0.4) is 0 Å². The lowest BCUT2D eigenvalue weighted by Gasteiger charge is -2.15. The van der Waals surface area contributed by atoms with Gasteiger partial charge in [0, 0.05) is 38.1 Å². The summed E-state index contributed by atoms with van der Waals surface area (Å²) in [7, 11) is 0. The van der Waals surface area contributed by atoms with Gasteiger partial charge in [-0.3, -0.25) is 19.2 Å². The van der Waals surface area contributed by atoms with Crippen molar-refractivity contribution in [3.05, 3.63) is 162 Å². The fourth-order valence-electron chi connectivity index (χ4n) is 10.2. The number of rotatable bonds is 12. The van der Waals surface area contributed by atoms with Gasteiger partial charge in [0.2, 0.25) is 21.2 Å². The standard InChI is InChI=1S/2C26H21N11O3S/c1-12-28-18-8-13(2-7-21(18)40-12)11-27-24(39)20-10-19(30-25-33-34-26(41)37(20)25)23(38)29-17-6-4-14-9-15(3-5-16(14)17)22-31-35-36-32-22;1-12-28-18-8-13(2-7-21(18)40-12)11-27-23(38)19-10-20(37-25(30-19)33-34-26(37)41)24(39)29-17-6-4-14-9-15(3-5-16(14)17)22-31-35-36-32-22/h2-3,5,7-10,17H,4,6,11H2,1H3,(H,27,39)(H,29,38)(H,34,41)(H,31,32,35,36);2-3,5,7-10,17H,4,6,11H2,1H3,(H,27,38)(H,29,39)(H,34,41)(H,31,32,35,36)/t2*17-/m00/s1. The maximum absolute atomic E-state index is 13.6. The van der Waals surface area contributed by atoms with Crippen LogP contribution >= 0.6 is 24.4 Å². The van der Waals surface area contributed by atoms with Crippen molar-refractivity contribution in [2.75, 3.05) is 0 Å². The first-order valence-electron chi connectivity index (χ1n) is 25.5. The zero-order valence-electron chi connectivity index (χ0n) is 43.0. The van der Waals surface area contributed by atoms with E-state index >= 15 is 0 Å². The number of hydrogen-bond donors (Lipinski definition) is 8. The number of tetrazole rings is 2. The van der Waals surface area contributed by atoms with Gasteiger partial charge < -0.3 is 30.1 Å². The zero-order valence-corrected chi connectivity index (χ0v) is 44.6. The summed E-state index contributed by atoms with van der Waals surface area (Å²) >= 11 is 10.7. The maximum atomic E-state index is 13.6. The van der Waals surface area contributed by atoms with Crippen LogP contribution in [0.1, 0.15) is 112 Å². The van der Waals surface area contributed by atoms with Gasteiger partial charge in [-0.1, -0.05) is 36.4 Å². The Labute approximate surface area is 469 Å². The fourth-order valence-corrected chi connectivity index (χ4v) is 10.6. The Bertz CT molecular complexity index is 4630. The highest BCUT2D eigenvalue weighted by Gasteiger charge is 2.29. The van der Waals surface area contributed by atoms with Gasteiger partial charge in [0.25, 0.3) is 35.2 Å². The van der Waals surface area contributed by atoms with Crippen molar-refractivity contribution in [1.82, 2.24) is 112 Å². The van der Waals surface area contributed by atoms with Crippen LogP contribution in [-0.2, 0) is 25.9 Å². The van der Waals surface area contributed by atoms with Gasteiger partial charge in [-0.15, -0.1) is 30.6 Å². The minimum absolute atomic E-state index is 0.0339. The SMILES string of the molecule is Cc1nc2cc(CNC(=O)c3cc(C(=O)N[C@H]4CCc5cc(-c6nn[nH]n6)ccc54)n4c(=S)[nH]nc4n3)ccc2o1.Cc1nc2cc(CNC(=O)c3cc(C(=O)N[C@H]4CCc5cc(-c6nn[nH]n6)ccc54)nc4n[nH]c(=S)n34)ccc2o1. The number of hydrogen-bond acceptors (Lipinski definition) is 20. The zero-order chi connectivity index (χ0) is 56.2. The molecule has 28 nitrogen and oxygen atoms in total. The molecule has 2 aliphatic carbocycles. The largest absolute Gasteiger partial charge is 0.441 e. The summed E-state index contributed by atoms with van der Waals surface area (Å²) in [5.41, 5.74) is 10.7. The summed E-state index contributed by atoms with van der Waals surface area (Å²) in [5, 5.41) is 53.6. The molecule has 0 saturated heterocycles. The second kappa shape index (κ2) is 20.9. The van der Waals surface area contributed by atoms with Crippen molar-refractivity contribution in [3.63, 3.8) is 0 Å². The highest BCUT2D eigenvalue weighted by Crippen LogP contribution is 2.35. The first kappa shape index (κ1) is 50.9. The lowest BCUT2D eigenvalue weighted by molar-refractivity contribution is 0.0918. The monoisotopic (exact) mass is 1130 g/mol. The highest BCUT2D eigenvalue weighted by molar-refractivity contribution is 7.71. The number of H-pyrrole nitrogens is 4. The number of nitrogens with zero attached hydrogens (tertiary/aromatic N) is 14. The third kappa shape index (κ3) is 9.86. The topological polar surface area (TPSA) is 369 Å². The van der Waals surface area contributed by atoms with E-state index in [0.717, 1.165) is 63.8 Å². The first-order chi connectivity index (χ1) is 39.8. The molecule has 8 heterocycles. The van der Waals surface area contributed by atoms with E-state index in [-0.39, 0.29) is 69.0 Å². The minimum Gasteiger partial charge on any atom is -0.441 e. The Morgan fingerprint density at radius 1 is 0.561 bits per heavy atom. The predicted octanol–water partition coefficient (Wildman–Crippen LogP) is 5.53. The highest BCUT2D eigenvalue weighted by atomic mass is 32.1. The van der Waals surface area contributed by atoms with Crippen LogP contribution in [0.15, 0.2) is 93.8 Å². The van der Waals surface area contributed by atoms with Crippen molar-refractivity contribution >= 4 is 81.8 Å². The van der Waals surface area contributed by atoms with Crippen molar-refractivity contribution in [2.24, 2.45) is 0 Å². The molecule has 408 valence electrons. The molecule has 8 N–H and O–H groups in total. The third-order valence-electron chi connectivity index (χ3n) is 14.0. The molecule has 0 saturated carbocycles. The Balaban J connectivity index is 0.000000154. The van der Waals surface area contributed by atoms with Crippen LogP contribution in [0.4, 0.5) is 0 Å². The van der Waals surface area contributed by atoms with E-state index in [1.807, 2.05) is 72.8 Å². The Hall–Kier alpha value is -10.6. The van der Waals surface area contributed by atoms with E-state index in [4.69, 9.17) is 33.3 Å². The summed E-state index contributed by atoms with van der Waals surface area (Å²) in [5.74, 6) is 0.633. The van der Waals surface area contributed by atoms with Gasteiger partial charge >= 0.3 is 0 Å². The lowest BCUT2D eigenvalue weighted by atomic mass is 10.0. The molecule has 12 aromatic rings. The number of carbonyl (C=O) groups excluding carboxylic acids is 4. The van der Waals surface area contributed by atoms with Crippen molar-refractivity contribution in [3.8, 4) is 22.8 Å². The second-order valence-electron chi connectivity index (χ2n) is 19.2. The van der Waals surface area contributed by atoms with E-state index < -0.39 is 23.6 Å². The molecule has 14 rings (SSSR count). The van der Waals surface area contributed by atoms with E-state index in [1.54, 1.807) is 13.8 Å². The van der Waals surface area contributed by atoms with E-state index in [9.17, 15) is 19.2 Å². The van der Waals surface area contributed by atoms with Crippen LogP contribution in [0.25, 0.3) is 56.5 Å². The molecular weight excluding hydrogens is 1090 g/mol. The summed E-state index contributed by atoms with van der Waals surface area (Å²) in [4.78, 5) is 70.7. The molecule has 0 unspecified atom stereocenters. The van der Waals surface area contributed by atoms with E-state index in [2.05, 4.69) is 103 Å². The summed E-state index contributed by atoms with van der Waals surface area (Å²) in [6, 6.07) is 25.1. The number of benzene rings is 4.